The molecule has 11 heteroatoms. The lowest BCUT2D eigenvalue weighted by Crippen LogP contribution is -2.24. The highest BCUT2D eigenvalue weighted by Crippen LogP contribution is 2.70. The molecule has 7 nitrogen and oxygen atoms in total. The van der Waals surface area contributed by atoms with E-state index in [1.807, 2.05) is 0 Å². The fourth-order valence-corrected chi connectivity index (χ4v) is 5.94. The predicted molar refractivity (Wildman–Crippen MR) is 115 cm³/mol. The fraction of sp³-hybridized carbons (Fsp3) is 0.524. The highest BCUT2D eigenvalue weighted by atomic mass is 32.2. The largest absolute Gasteiger partial charge is 0.451 e. The monoisotopic (exact) mass is 467 g/mol. The van der Waals surface area contributed by atoms with Crippen molar-refractivity contribution in [3.05, 3.63) is 41.7 Å². The van der Waals surface area contributed by atoms with Crippen LogP contribution in [-0.4, -0.2) is 37.2 Å². The molecule has 1 aromatic carbocycles. The minimum atomic E-state index is -4.64. The third kappa shape index (κ3) is 4.35. The zero-order chi connectivity index (χ0) is 22.6. The van der Waals surface area contributed by atoms with Crippen LogP contribution in [0, 0.1) is 11.3 Å². The van der Waals surface area contributed by atoms with Gasteiger partial charge in [0.2, 0.25) is 15.8 Å². The Morgan fingerprint density at radius 2 is 1.78 bits per heavy atom. The summed E-state index contributed by atoms with van der Waals surface area (Å²) in [4.78, 5) is 7.28. The van der Waals surface area contributed by atoms with E-state index in [0.717, 1.165) is 12.0 Å². The molecule has 0 radical (unpaired) electrons. The van der Waals surface area contributed by atoms with Crippen LogP contribution in [0.5, 0.6) is 0 Å². The summed E-state index contributed by atoms with van der Waals surface area (Å²) in [6.45, 7) is 1.32. The lowest BCUT2D eigenvalue weighted by molar-refractivity contribution is -0.144. The second-order valence-electron chi connectivity index (χ2n) is 8.87. The third-order valence-electron chi connectivity index (χ3n) is 6.56. The number of nitrogens with zero attached hydrogens (tertiary/aromatic N) is 3. The average molecular weight is 468 g/mol. The Morgan fingerprint density at radius 3 is 2.34 bits per heavy atom. The molecular weight excluding hydrogens is 443 g/mol. The quantitative estimate of drug-likeness (QED) is 0.643. The molecule has 0 amide bonds. The minimum Gasteiger partial charge on any atom is -0.370 e. The van der Waals surface area contributed by atoms with E-state index in [4.69, 9.17) is 0 Å². The van der Waals surface area contributed by atoms with Crippen LogP contribution in [0.1, 0.15) is 37.1 Å². The Morgan fingerprint density at radius 1 is 1.09 bits per heavy atom. The summed E-state index contributed by atoms with van der Waals surface area (Å²) in [5.41, 5.74) is 1.84. The van der Waals surface area contributed by atoms with Gasteiger partial charge in [0.25, 0.3) is 0 Å². The second kappa shape index (κ2) is 7.50. The van der Waals surface area contributed by atoms with Crippen LogP contribution in [-0.2, 0) is 22.7 Å². The molecule has 3 aliphatic rings. The molecule has 1 atom stereocenters. The molecule has 1 aliphatic heterocycles. The zero-order valence-electron chi connectivity index (χ0n) is 17.3. The van der Waals surface area contributed by atoms with E-state index in [0.29, 0.717) is 36.5 Å². The van der Waals surface area contributed by atoms with Crippen molar-refractivity contribution in [3.8, 4) is 0 Å². The highest BCUT2D eigenvalue weighted by Gasteiger charge is 2.62. The number of hydrogen-bond donors (Lipinski definition) is 2. The molecule has 5 rings (SSSR count). The molecule has 1 spiro atoms. The standard InChI is InChI=1S/C21H24F3N5O2S/c22-21(23,24)19-27-17(10-18(28-19)26-13-15-11-20(15)6-7-20)25-12-14-2-4-16(5-3-14)29-8-1-9-32(29,30)31/h2-5,10,15H,1,6-9,11-13H2,(H2,25,26,27,28). The lowest BCUT2D eigenvalue weighted by Gasteiger charge is -2.17. The SMILES string of the molecule is O=S1(=O)CCCN1c1ccc(CNc2cc(NCC3CC34CC4)nc(C(F)(F)F)n2)cc1. The maximum absolute atomic E-state index is 13.3. The van der Waals surface area contributed by atoms with Crippen molar-refractivity contribution in [1.29, 1.82) is 0 Å². The van der Waals surface area contributed by atoms with E-state index in [1.54, 1.807) is 24.3 Å². The number of alkyl halides is 3. The smallest absolute Gasteiger partial charge is 0.370 e. The van der Waals surface area contributed by atoms with Gasteiger partial charge in [-0.1, -0.05) is 12.1 Å². The normalized spacial score (nSPS) is 22.7. The number of nitrogens with one attached hydrogen (secondary N) is 2. The van der Waals surface area contributed by atoms with Crippen molar-refractivity contribution in [1.82, 2.24) is 9.97 Å². The van der Waals surface area contributed by atoms with Gasteiger partial charge in [-0.3, -0.25) is 4.31 Å². The lowest BCUT2D eigenvalue weighted by atomic mass is 10.2. The summed E-state index contributed by atoms with van der Waals surface area (Å²) in [5, 5.41) is 5.97. The molecule has 2 aromatic rings. The van der Waals surface area contributed by atoms with Gasteiger partial charge in [-0.2, -0.15) is 13.2 Å². The maximum atomic E-state index is 13.3. The van der Waals surface area contributed by atoms with E-state index in [-0.39, 0.29) is 23.9 Å². The predicted octanol–water partition coefficient (Wildman–Crippen LogP) is 3.86. The molecule has 2 saturated carbocycles. The number of hydrogen-bond acceptors (Lipinski definition) is 6. The van der Waals surface area contributed by atoms with Crippen molar-refractivity contribution >= 4 is 27.3 Å². The van der Waals surface area contributed by atoms with E-state index in [9.17, 15) is 21.6 Å². The van der Waals surface area contributed by atoms with Gasteiger partial charge in [-0.15, -0.1) is 0 Å². The van der Waals surface area contributed by atoms with Crippen molar-refractivity contribution in [2.24, 2.45) is 11.3 Å². The van der Waals surface area contributed by atoms with Crippen molar-refractivity contribution in [3.63, 3.8) is 0 Å². The highest BCUT2D eigenvalue weighted by molar-refractivity contribution is 7.93. The summed E-state index contributed by atoms with van der Waals surface area (Å²) in [7, 11) is -3.26. The summed E-state index contributed by atoms with van der Waals surface area (Å²) < 4.78 is 65.3. The molecular formula is C21H24F3N5O2S. The first kappa shape index (κ1) is 21.3. The fourth-order valence-electron chi connectivity index (χ4n) is 4.38. The van der Waals surface area contributed by atoms with Gasteiger partial charge in [0, 0.05) is 25.7 Å². The number of rotatable bonds is 7. The molecule has 172 valence electrons. The Hall–Kier alpha value is -2.56. The first-order valence-electron chi connectivity index (χ1n) is 10.7. The van der Waals surface area contributed by atoms with Crippen LogP contribution < -0.4 is 14.9 Å². The van der Waals surface area contributed by atoms with E-state index >= 15 is 0 Å². The Balaban J connectivity index is 1.26. The van der Waals surface area contributed by atoms with Gasteiger partial charge in [0.15, 0.2) is 0 Å². The average Bonchev–Trinajstić information content (AvgIpc) is 3.64. The van der Waals surface area contributed by atoms with Crippen molar-refractivity contribution < 1.29 is 21.6 Å². The summed E-state index contributed by atoms with van der Waals surface area (Å²) >= 11 is 0. The molecule has 32 heavy (non-hydrogen) atoms. The van der Waals surface area contributed by atoms with Gasteiger partial charge < -0.3 is 10.6 Å². The molecule has 0 bridgehead atoms. The molecule has 2 N–H and O–H groups in total. The van der Waals surface area contributed by atoms with Crippen LogP contribution in [0.2, 0.25) is 0 Å². The van der Waals surface area contributed by atoms with E-state index < -0.39 is 22.0 Å². The number of halogens is 3. The Bertz CT molecular complexity index is 1120. The van der Waals surface area contributed by atoms with Gasteiger partial charge in [-0.25, -0.2) is 18.4 Å². The number of sulfonamides is 1. The van der Waals surface area contributed by atoms with Gasteiger partial charge in [0.05, 0.1) is 11.4 Å². The van der Waals surface area contributed by atoms with Gasteiger partial charge in [0.1, 0.15) is 11.6 Å². The van der Waals surface area contributed by atoms with Crippen LogP contribution in [0.25, 0.3) is 0 Å². The Kier molecular flexibility index (Phi) is 4.99. The molecule has 2 heterocycles. The Labute approximate surface area is 184 Å². The number of aromatic nitrogens is 2. The van der Waals surface area contributed by atoms with Gasteiger partial charge in [-0.05, 0) is 54.7 Å². The molecule has 2 aliphatic carbocycles. The van der Waals surface area contributed by atoms with Crippen LogP contribution in [0.4, 0.5) is 30.5 Å². The first-order valence-corrected chi connectivity index (χ1v) is 12.3. The first-order chi connectivity index (χ1) is 15.1. The maximum Gasteiger partial charge on any atom is 0.451 e. The number of anilines is 3. The third-order valence-corrected chi connectivity index (χ3v) is 8.43. The van der Waals surface area contributed by atoms with Crippen molar-refractivity contribution in [2.45, 2.75) is 38.4 Å². The molecule has 1 aromatic heterocycles. The summed E-state index contributed by atoms with van der Waals surface area (Å²) in [5.74, 6) is -0.286. The molecule has 1 saturated heterocycles. The topological polar surface area (TPSA) is 87.2 Å². The van der Waals surface area contributed by atoms with Gasteiger partial charge >= 0.3 is 6.18 Å². The van der Waals surface area contributed by atoms with Crippen LogP contribution >= 0.6 is 0 Å². The summed E-state index contributed by atoms with van der Waals surface area (Å²) in [6, 6.07) is 8.41. The summed E-state index contributed by atoms with van der Waals surface area (Å²) in [6.07, 6.45) is -0.483. The van der Waals surface area contributed by atoms with E-state index in [2.05, 4.69) is 20.6 Å². The molecule has 3 fully saturated rings. The number of benzene rings is 1. The molecule has 1 unspecified atom stereocenters. The van der Waals surface area contributed by atoms with Crippen molar-refractivity contribution in [2.75, 3.05) is 33.8 Å². The minimum absolute atomic E-state index is 0.0814. The van der Waals surface area contributed by atoms with Crippen LogP contribution in [0.15, 0.2) is 30.3 Å². The van der Waals surface area contributed by atoms with Crippen LogP contribution in [0.3, 0.4) is 0 Å². The van der Waals surface area contributed by atoms with E-state index in [1.165, 1.54) is 23.2 Å². The second-order valence-corrected chi connectivity index (χ2v) is 10.9. The zero-order valence-corrected chi connectivity index (χ0v) is 18.1.